The van der Waals surface area contributed by atoms with Crippen molar-refractivity contribution in [1.29, 1.82) is 0 Å². The van der Waals surface area contributed by atoms with E-state index in [9.17, 15) is 8.78 Å². The largest absolute Gasteiger partial charge is 0.259 e. The Balaban J connectivity index is 3.40. The molecule has 0 spiro atoms. The fourth-order valence-electron chi connectivity index (χ4n) is 0.583. The molecule has 0 fully saturated rings. The van der Waals surface area contributed by atoms with Crippen LogP contribution >= 0.6 is 0 Å². The maximum absolute atomic E-state index is 11.8. The summed E-state index contributed by atoms with van der Waals surface area (Å²) < 4.78 is 23.6. The zero-order chi connectivity index (χ0) is 8.15. The third-order valence-corrected chi connectivity index (χ3v) is 1.35. The summed E-state index contributed by atoms with van der Waals surface area (Å²) in [6.45, 7) is 7.30. The highest BCUT2D eigenvalue weighted by Crippen LogP contribution is 2.15. The molecule has 0 unspecified atom stereocenters. The van der Waals surface area contributed by atoms with Crippen LogP contribution in [0.25, 0.3) is 0 Å². The third-order valence-electron chi connectivity index (χ3n) is 1.35. The molecule has 0 amide bonds. The average molecular weight is 148 g/mol. The van der Waals surface area contributed by atoms with Crippen molar-refractivity contribution in [3.63, 3.8) is 0 Å². The first-order valence-electron chi connectivity index (χ1n) is 3.50. The summed E-state index contributed by atoms with van der Waals surface area (Å²) >= 11 is 0. The molecule has 0 aliphatic heterocycles. The van der Waals surface area contributed by atoms with Gasteiger partial charge in [0.2, 0.25) is 0 Å². The summed E-state index contributed by atoms with van der Waals surface area (Å²) in [5, 5.41) is 0. The van der Waals surface area contributed by atoms with E-state index in [1.54, 1.807) is 0 Å². The minimum absolute atomic E-state index is 0.0636. The van der Waals surface area contributed by atoms with Gasteiger partial charge in [0.1, 0.15) is 0 Å². The SMILES string of the molecule is C=C(CCC(C)C)C(F)F. The van der Waals surface area contributed by atoms with E-state index in [1.807, 2.05) is 13.8 Å². The lowest BCUT2D eigenvalue weighted by molar-refractivity contribution is 0.184. The molecule has 2 heteroatoms. The normalized spacial score (nSPS) is 11.0. The van der Waals surface area contributed by atoms with Gasteiger partial charge in [-0.2, -0.15) is 0 Å². The number of halogens is 2. The van der Waals surface area contributed by atoms with Gasteiger partial charge in [0.25, 0.3) is 6.43 Å². The summed E-state index contributed by atoms with van der Waals surface area (Å²) in [4.78, 5) is 0. The van der Waals surface area contributed by atoms with Crippen LogP contribution in [0.1, 0.15) is 26.7 Å². The molecule has 0 bridgehead atoms. The fourth-order valence-corrected chi connectivity index (χ4v) is 0.583. The molecule has 0 aromatic carbocycles. The Morgan fingerprint density at radius 2 is 1.90 bits per heavy atom. The molecule has 0 aromatic heterocycles. The van der Waals surface area contributed by atoms with Crippen molar-refractivity contribution < 1.29 is 8.78 Å². The zero-order valence-corrected chi connectivity index (χ0v) is 6.53. The molecular formula is C8H14F2. The van der Waals surface area contributed by atoms with Crippen molar-refractivity contribution in [3.05, 3.63) is 12.2 Å². The van der Waals surface area contributed by atoms with Crippen molar-refractivity contribution >= 4 is 0 Å². The van der Waals surface area contributed by atoms with Crippen LogP contribution in [0.2, 0.25) is 0 Å². The second kappa shape index (κ2) is 4.42. The quantitative estimate of drug-likeness (QED) is 0.537. The summed E-state index contributed by atoms with van der Waals surface area (Å²) in [5.41, 5.74) is 0.0636. The van der Waals surface area contributed by atoms with E-state index in [2.05, 4.69) is 6.58 Å². The van der Waals surface area contributed by atoms with E-state index in [0.717, 1.165) is 6.42 Å². The van der Waals surface area contributed by atoms with E-state index in [1.165, 1.54) is 0 Å². The van der Waals surface area contributed by atoms with Gasteiger partial charge in [-0.15, -0.1) is 0 Å². The molecule has 0 rings (SSSR count). The molecule has 10 heavy (non-hydrogen) atoms. The molecule has 0 aliphatic carbocycles. The average Bonchev–Trinajstić information content (AvgIpc) is 1.82. The van der Waals surface area contributed by atoms with Crippen molar-refractivity contribution in [2.45, 2.75) is 33.1 Å². The molecule has 0 radical (unpaired) electrons. The standard InChI is InChI=1S/C8H14F2/c1-6(2)4-5-7(3)8(9)10/h6,8H,3-5H2,1-2H3. The maximum Gasteiger partial charge on any atom is 0.259 e. The molecular weight excluding hydrogens is 134 g/mol. The van der Waals surface area contributed by atoms with Crippen molar-refractivity contribution in [1.82, 2.24) is 0 Å². The predicted molar refractivity (Wildman–Crippen MR) is 39.2 cm³/mol. The second-order valence-electron chi connectivity index (χ2n) is 2.89. The Kier molecular flexibility index (Phi) is 4.24. The van der Waals surface area contributed by atoms with Gasteiger partial charge >= 0.3 is 0 Å². The number of rotatable bonds is 4. The van der Waals surface area contributed by atoms with Crippen molar-refractivity contribution in [2.24, 2.45) is 5.92 Å². The Labute approximate surface area is 60.9 Å². The highest BCUT2D eigenvalue weighted by molar-refractivity contribution is 4.96. The highest BCUT2D eigenvalue weighted by atomic mass is 19.3. The molecule has 0 aromatic rings. The fraction of sp³-hybridized carbons (Fsp3) is 0.750. The van der Waals surface area contributed by atoms with Crippen LogP contribution in [0.4, 0.5) is 8.78 Å². The van der Waals surface area contributed by atoms with E-state index < -0.39 is 6.43 Å². The number of hydrogen-bond acceptors (Lipinski definition) is 0. The topological polar surface area (TPSA) is 0 Å². The number of alkyl halides is 2. The summed E-state index contributed by atoms with van der Waals surface area (Å²) in [6.07, 6.45) is -1.07. The number of hydrogen-bond donors (Lipinski definition) is 0. The molecule has 0 heterocycles. The van der Waals surface area contributed by atoms with Crippen LogP contribution in [-0.2, 0) is 0 Å². The molecule has 60 valence electrons. The van der Waals surface area contributed by atoms with E-state index in [4.69, 9.17) is 0 Å². The van der Waals surface area contributed by atoms with Gasteiger partial charge in [-0.25, -0.2) is 8.78 Å². The van der Waals surface area contributed by atoms with Gasteiger partial charge in [0.15, 0.2) is 0 Å². The van der Waals surface area contributed by atoms with E-state index >= 15 is 0 Å². The smallest absolute Gasteiger partial charge is 0.205 e. The Morgan fingerprint density at radius 3 is 2.20 bits per heavy atom. The van der Waals surface area contributed by atoms with Crippen LogP contribution in [-0.4, -0.2) is 6.43 Å². The summed E-state index contributed by atoms with van der Waals surface area (Å²) in [6, 6.07) is 0. The lowest BCUT2D eigenvalue weighted by Gasteiger charge is -2.05. The van der Waals surface area contributed by atoms with Crippen LogP contribution in [0.15, 0.2) is 12.2 Å². The van der Waals surface area contributed by atoms with Crippen molar-refractivity contribution in [2.75, 3.05) is 0 Å². The molecule has 0 atom stereocenters. The van der Waals surface area contributed by atoms with Crippen LogP contribution in [0.5, 0.6) is 0 Å². The van der Waals surface area contributed by atoms with Gasteiger partial charge < -0.3 is 0 Å². The van der Waals surface area contributed by atoms with Gasteiger partial charge in [0.05, 0.1) is 0 Å². The number of allylic oxidation sites excluding steroid dienone is 1. The first-order chi connectivity index (χ1) is 4.54. The minimum Gasteiger partial charge on any atom is -0.205 e. The molecule has 0 N–H and O–H groups in total. The minimum atomic E-state index is -2.33. The Hall–Kier alpha value is -0.400. The molecule has 0 aliphatic rings. The van der Waals surface area contributed by atoms with Crippen LogP contribution in [0, 0.1) is 5.92 Å². The van der Waals surface area contributed by atoms with Gasteiger partial charge in [-0.3, -0.25) is 0 Å². The highest BCUT2D eigenvalue weighted by Gasteiger charge is 2.07. The van der Waals surface area contributed by atoms with Crippen molar-refractivity contribution in [3.8, 4) is 0 Å². The van der Waals surface area contributed by atoms with Crippen LogP contribution < -0.4 is 0 Å². The molecule has 0 saturated heterocycles. The lowest BCUT2D eigenvalue weighted by atomic mass is 10.0. The Bertz CT molecular complexity index is 106. The van der Waals surface area contributed by atoms with E-state index in [-0.39, 0.29) is 5.57 Å². The maximum atomic E-state index is 11.8. The zero-order valence-electron chi connectivity index (χ0n) is 6.53. The molecule has 0 saturated carbocycles. The van der Waals surface area contributed by atoms with Gasteiger partial charge in [-0.05, 0) is 24.3 Å². The third kappa shape index (κ3) is 4.48. The van der Waals surface area contributed by atoms with Gasteiger partial charge in [0, 0.05) is 0 Å². The predicted octanol–water partition coefficient (Wildman–Crippen LogP) is 3.24. The Morgan fingerprint density at radius 1 is 1.40 bits per heavy atom. The van der Waals surface area contributed by atoms with Crippen LogP contribution in [0.3, 0.4) is 0 Å². The lowest BCUT2D eigenvalue weighted by Crippen LogP contribution is -1.97. The van der Waals surface area contributed by atoms with E-state index in [0.29, 0.717) is 12.3 Å². The first kappa shape index (κ1) is 9.60. The second-order valence-corrected chi connectivity index (χ2v) is 2.89. The summed E-state index contributed by atoms with van der Waals surface area (Å²) in [7, 11) is 0. The summed E-state index contributed by atoms with van der Waals surface area (Å²) in [5.74, 6) is 0.482. The molecule has 0 nitrogen and oxygen atoms in total. The van der Waals surface area contributed by atoms with Gasteiger partial charge in [-0.1, -0.05) is 20.4 Å². The first-order valence-corrected chi connectivity index (χ1v) is 3.50. The monoisotopic (exact) mass is 148 g/mol.